The molecule has 1 unspecified atom stereocenters. The monoisotopic (exact) mass is 206 g/mol. The zero-order chi connectivity index (χ0) is 10.2. The molecule has 72 valence electrons. The Morgan fingerprint density at radius 2 is 2.14 bits per heavy atom. The number of Topliss-reactive ketones (excluding diaryl/α,β-unsaturated/α-hetero) is 1. The van der Waals surface area contributed by atoms with E-state index in [1.54, 1.807) is 12.2 Å². The first-order valence-corrected chi connectivity index (χ1v) is 5.38. The van der Waals surface area contributed by atoms with E-state index in [2.05, 4.69) is 0 Å². The van der Waals surface area contributed by atoms with Crippen molar-refractivity contribution in [3.05, 3.63) is 34.8 Å². The second-order valence-electron chi connectivity index (χ2n) is 3.64. The summed E-state index contributed by atoms with van der Waals surface area (Å²) in [5, 5.41) is 0. The SMILES string of the molecule is CC1(C=O)C=CC2=C(C=C1)C(=O)CS2. The molecule has 2 rings (SSSR count). The lowest BCUT2D eigenvalue weighted by Crippen LogP contribution is -2.10. The fraction of sp³-hybridized carbons (Fsp3) is 0.273. The van der Waals surface area contributed by atoms with Crippen molar-refractivity contribution in [2.75, 3.05) is 5.75 Å². The second kappa shape index (κ2) is 3.24. The van der Waals surface area contributed by atoms with Crippen molar-refractivity contribution in [3.8, 4) is 0 Å². The topological polar surface area (TPSA) is 34.1 Å². The van der Waals surface area contributed by atoms with Crippen LogP contribution in [0.1, 0.15) is 6.92 Å². The van der Waals surface area contributed by atoms with E-state index in [0.29, 0.717) is 5.75 Å². The van der Waals surface area contributed by atoms with Crippen molar-refractivity contribution in [2.24, 2.45) is 5.41 Å². The van der Waals surface area contributed by atoms with Gasteiger partial charge < -0.3 is 4.79 Å². The van der Waals surface area contributed by atoms with Crippen LogP contribution >= 0.6 is 11.8 Å². The largest absolute Gasteiger partial charge is 0.302 e. The van der Waals surface area contributed by atoms with Gasteiger partial charge in [-0.3, -0.25) is 4.79 Å². The quantitative estimate of drug-likeness (QED) is 0.614. The average Bonchev–Trinajstić information content (AvgIpc) is 2.44. The highest BCUT2D eigenvalue weighted by atomic mass is 32.2. The predicted molar refractivity (Wildman–Crippen MR) is 56.9 cm³/mol. The molecule has 0 radical (unpaired) electrons. The highest BCUT2D eigenvalue weighted by Gasteiger charge is 2.25. The van der Waals surface area contributed by atoms with Gasteiger partial charge in [0.1, 0.15) is 6.29 Å². The van der Waals surface area contributed by atoms with E-state index >= 15 is 0 Å². The Kier molecular flexibility index (Phi) is 2.19. The Morgan fingerprint density at radius 3 is 2.86 bits per heavy atom. The van der Waals surface area contributed by atoms with Crippen molar-refractivity contribution in [1.82, 2.24) is 0 Å². The molecule has 1 atom stereocenters. The van der Waals surface area contributed by atoms with Crippen molar-refractivity contribution < 1.29 is 9.59 Å². The summed E-state index contributed by atoms with van der Waals surface area (Å²) in [7, 11) is 0. The lowest BCUT2D eigenvalue weighted by molar-refractivity contribution is -0.113. The van der Waals surface area contributed by atoms with Gasteiger partial charge in [0.25, 0.3) is 0 Å². The van der Waals surface area contributed by atoms with Crippen LogP contribution in [-0.4, -0.2) is 17.8 Å². The number of carbonyl (C=O) groups is 2. The number of aldehydes is 1. The van der Waals surface area contributed by atoms with E-state index in [1.165, 1.54) is 11.8 Å². The molecule has 0 saturated carbocycles. The fourth-order valence-corrected chi connectivity index (χ4v) is 2.35. The van der Waals surface area contributed by atoms with Gasteiger partial charge in [0.2, 0.25) is 0 Å². The average molecular weight is 206 g/mol. The van der Waals surface area contributed by atoms with Crippen molar-refractivity contribution in [2.45, 2.75) is 6.92 Å². The van der Waals surface area contributed by atoms with Gasteiger partial charge in [0, 0.05) is 10.5 Å². The molecule has 0 aromatic heterocycles. The van der Waals surface area contributed by atoms with Crippen LogP contribution in [0.4, 0.5) is 0 Å². The third-order valence-corrected chi connectivity index (χ3v) is 3.46. The van der Waals surface area contributed by atoms with Crippen LogP contribution in [0.2, 0.25) is 0 Å². The minimum Gasteiger partial charge on any atom is -0.302 e. The van der Waals surface area contributed by atoms with Crippen molar-refractivity contribution in [1.29, 1.82) is 0 Å². The molecule has 1 heterocycles. The molecule has 1 aliphatic carbocycles. The van der Waals surface area contributed by atoms with Crippen LogP contribution < -0.4 is 0 Å². The molecule has 0 bridgehead atoms. The molecule has 1 aliphatic heterocycles. The van der Waals surface area contributed by atoms with Crippen LogP contribution in [0.15, 0.2) is 34.8 Å². The van der Waals surface area contributed by atoms with Crippen LogP contribution in [0, 0.1) is 5.41 Å². The Labute approximate surface area is 86.8 Å². The van der Waals surface area contributed by atoms with Crippen LogP contribution in [0.25, 0.3) is 0 Å². The predicted octanol–water partition coefficient (Wildman–Crippen LogP) is 1.89. The smallest absolute Gasteiger partial charge is 0.174 e. The Hall–Kier alpha value is -1.09. The lowest BCUT2D eigenvalue weighted by atomic mass is 9.92. The van der Waals surface area contributed by atoms with Gasteiger partial charge in [-0.05, 0) is 6.92 Å². The highest BCUT2D eigenvalue weighted by Crippen LogP contribution is 2.35. The van der Waals surface area contributed by atoms with E-state index < -0.39 is 5.41 Å². The van der Waals surface area contributed by atoms with E-state index in [0.717, 1.165) is 16.8 Å². The molecule has 14 heavy (non-hydrogen) atoms. The maximum absolute atomic E-state index is 11.4. The Balaban J connectivity index is 2.41. The third kappa shape index (κ3) is 1.48. The van der Waals surface area contributed by atoms with Gasteiger partial charge in [0.15, 0.2) is 5.78 Å². The lowest BCUT2D eigenvalue weighted by Gasteiger charge is -2.10. The summed E-state index contributed by atoms with van der Waals surface area (Å²) in [4.78, 5) is 23.2. The summed E-state index contributed by atoms with van der Waals surface area (Å²) in [6.07, 6.45) is 8.15. The molecule has 0 amide bonds. The maximum Gasteiger partial charge on any atom is 0.174 e. The molecular weight excluding hydrogens is 196 g/mol. The zero-order valence-electron chi connectivity index (χ0n) is 7.82. The number of carbonyl (C=O) groups excluding carboxylic acids is 2. The van der Waals surface area contributed by atoms with E-state index in [4.69, 9.17) is 0 Å². The summed E-state index contributed by atoms with van der Waals surface area (Å²) < 4.78 is 0. The first-order chi connectivity index (χ1) is 6.64. The fourth-order valence-electron chi connectivity index (χ4n) is 1.40. The summed E-state index contributed by atoms with van der Waals surface area (Å²) in [5.41, 5.74) is 0.183. The van der Waals surface area contributed by atoms with Crippen LogP contribution in [-0.2, 0) is 9.59 Å². The van der Waals surface area contributed by atoms with Gasteiger partial charge in [0.05, 0.1) is 11.2 Å². The molecule has 2 nitrogen and oxygen atoms in total. The summed E-state index contributed by atoms with van der Waals surface area (Å²) in [6, 6.07) is 0. The van der Waals surface area contributed by atoms with E-state index in [9.17, 15) is 9.59 Å². The molecule has 0 aromatic carbocycles. The summed E-state index contributed by atoms with van der Waals surface area (Å²) in [6.45, 7) is 1.82. The molecule has 0 fully saturated rings. The van der Waals surface area contributed by atoms with Gasteiger partial charge in [-0.15, -0.1) is 11.8 Å². The van der Waals surface area contributed by atoms with E-state index in [-0.39, 0.29) is 5.78 Å². The first kappa shape index (κ1) is 9.46. The van der Waals surface area contributed by atoms with Gasteiger partial charge >= 0.3 is 0 Å². The zero-order valence-corrected chi connectivity index (χ0v) is 8.64. The third-order valence-electron chi connectivity index (χ3n) is 2.38. The normalized spacial score (nSPS) is 30.5. The molecule has 0 saturated heterocycles. The summed E-state index contributed by atoms with van der Waals surface area (Å²) >= 11 is 1.54. The number of allylic oxidation sites excluding steroid dienone is 5. The highest BCUT2D eigenvalue weighted by molar-refractivity contribution is 8.04. The number of hydrogen-bond acceptors (Lipinski definition) is 3. The Morgan fingerprint density at radius 1 is 1.43 bits per heavy atom. The minimum absolute atomic E-state index is 0.154. The summed E-state index contributed by atoms with van der Waals surface area (Å²) in [5.74, 6) is 0.679. The second-order valence-corrected chi connectivity index (χ2v) is 4.66. The standard InChI is InChI=1S/C11H10O2S/c1-11(7-12)4-2-8-9(13)6-14-10(8)3-5-11/h2-5,7H,6H2,1H3. The first-order valence-electron chi connectivity index (χ1n) is 4.40. The van der Waals surface area contributed by atoms with Crippen LogP contribution in [0.5, 0.6) is 0 Å². The molecule has 2 aliphatic rings. The van der Waals surface area contributed by atoms with Crippen molar-refractivity contribution in [3.63, 3.8) is 0 Å². The molecule has 0 spiro atoms. The molecule has 0 aromatic rings. The number of ketones is 1. The number of hydrogen-bond donors (Lipinski definition) is 0. The molecule has 3 heteroatoms. The Bertz CT molecular complexity index is 390. The van der Waals surface area contributed by atoms with Gasteiger partial charge in [-0.25, -0.2) is 0 Å². The van der Waals surface area contributed by atoms with Crippen molar-refractivity contribution >= 4 is 23.8 Å². The van der Waals surface area contributed by atoms with E-state index in [1.807, 2.05) is 19.1 Å². The molecule has 0 N–H and O–H groups in total. The minimum atomic E-state index is -0.564. The van der Waals surface area contributed by atoms with Gasteiger partial charge in [-0.2, -0.15) is 0 Å². The molecular formula is C11H10O2S. The maximum atomic E-state index is 11.4. The van der Waals surface area contributed by atoms with Gasteiger partial charge in [-0.1, -0.05) is 24.3 Å². The van der Waals surface area contributed by atoms with Crippen LogP contribution in [0.3, 0.4) is 0 Å². The number of thioether (sulfide) groups is 1. The number of rotatable bonds is 1.